The number of nitrogens with zero attached hydrogens (tertiary/aromatic N) is 1. The van der Waals surface area contributed by atoms with Crippen LogP contribution < -0.4 is 11.1 Å². The maximum atomic E-state index is 11.9. The Morgan fingerprint density at radius 1 is 1.56 bits per heavy atom. The lowest BCUT2D eigenvalue weighted by Crippen LogP contribution is -2.33. The standard InChI is InChI=1S/C12H16ClN3O2/c13-8-5-10(12(14)16-6-8)11(17)7-18-9-1-3-15-4-2-9/h5-6,9,15H,1-4,7H2,(H2,14,16). The molecule has 2 heterocycles. The number of ether oxygens (including phenoxy) is 1. The van der Waals surface area contributed by atoms with Gasteiger partial charge in [0, 0.05) is 6.20 Å². The fourth-order valence-electron chi connectivity index (χ4n) is 1.91. The topological polar surface area (TPSA) is 77.2 Å². The molecule has 98 valence electrons. The van der Waals surface area contributed by atoms with Crippen LogP contribution in [0.1, 0.15) is 23.2 Å². The molecule has 1 aliphatic heterocycles. The highest BCUT2D eigenvalue weighted by Gasteiger charge is 2.17. The second-order valence-corrected chi connectivity index (χ2v) is 4.71. The number of anilines is 1. The molecule has 0 radical (unpaired) electrons. The van der Waals surface area contributed by atoms with Gasteiger partial charge in [-0.05, 0) is 32.0 Å². The third-order valence-corrected chi connectivity index (χ3v) is 3.13. The average Bonchev–Trinajstić information content (AvgIpc) is 2.40. The molecule has 0 unspecified atom stereocenters. The number of halogens is 1. The van der Waals surface area contributed by atoms with Crippen molar-refractivity contribution in [2.75, 3.05) is 25.4 Å². The highest BCUT2D eigenvalue weighted by Crippen LogP contribution is 2.16. The van der Waals surface area contributed by atoms with Gasteiger partial charge in [-0.15, -0.1) is 0 Å². The summed E-state index contributed by atoms with van der Waals surface area (Å²) in [4.78, 5) is 15.8. The molecule has 0 amide bonds. The molecule has 1 saturated heterocycles. The van der Waals surface area contributed by atoms with Gasteiger partial charge in [-0.3, -0.25) is 4.79 Å². The fourth-order valence-corrected chi connectivity index (χ4v) is 2.06. The molecule has 0 bridgehead atoms. The van der Waals surface area contributed by atoms with Gasteiger partial charge in [0.05, 0.1) is 16.7 Å². The van der Waals surface area contributed by atoms with E-state index in [1.807, 2.05) is 0 Å². The van der Waals surface area contributed by atoms with Crippen molar-refractivity contribution in [3.05, 3.63) is 22.8 Å². The molecule has 18 heavy (non-hydrogen) atoms. The first-order valence-corrected chi connectivity index (χ1v) is 6.31. The number of nitrogens with two attached hydrogens (primary N) is 1. The molecular weight excluding hydrogens is 254 g/mol. The van der Waals surface area contributed by atoms with Gasteiger partial charge in [-0.1, -0.05) is 11.6 Å². The first kappa shape index (κ1) is 13.3. The number of hydrogen-bond acceptors (Lipinski definition) is 5. The van der Waals surface area contributed by atoms with Crippen molar-refractivity contribution in [2.45, 2.75) is 18.9 Å². The second-order valence-electron chi connectivity index (χ2n) is 4.27. The molecule has 0 aliphatic carbocycles. The highest BCUT2D eigenvalue weighted by molar-refractivity contribution is 6.31. The van der Waals surface area contributed by atoms with E-state index >= 15 is 0 Å². The zero-order valence-corrected chi connectivity index (χ0v) is 10.7. The van der Waals surface area contributed by atoms with Gasteiger partial charge in [0.15, 0.2) is 5.78 Å². The van der Waals surface area contributed by atoms with Crippen molar-refractivity contribution >= 4 is 23.2 Å². The Hall–Kier alpha value is -1.17. The molecule has 0 saturated carbocycles. The summed E-state index contributed by atoms with van der Waals surface area (Å²) >= 11 is 5.79. The number of rotatable bonds is 4. The van der Waals surface area contributed by atoms with Crippen molar-refractivity contribution in [2.24, 2.45) is 0 Å². The number of hydrogen-bond donors (Lipinski definition) is 2. The van der Waals surface area contributed by atoms with Crippen LogP contribution in [0.3, 0.4) is 0 Å². The summed E-state index contributed by atoms with van der Waals surface area (Å²) < 4.78 is 5.58. The first-order valence-electron chi connectivity index (χ1n) is 5.93. The minimum atomic E-state index is -0.180. The van der Waals surface area contributed by atoms with E-state index in [4.69, 9.17) is 22.1 Å². The molecule has 0 spiro atoms. The Morgan fingerprint density at radius 2 is 2.28 bits per heavy atom. The van der Waals surface area contributed by atoms with Crippen molar-refractivity contribution < 1.29 is 9.53 Å². The van der Waals surface area contributed by atoms with Crippen LogP contribution in [0.4, 0.5) is 5.82 Å². The minimum Gasteiger partial charge on any atom is -0.383 e. The Morgan fingerprint density at radius 3 is 3.00 bits per heavy atom. The van der Waals surface area contributed by atoms with E-state index in [0.29, 0.717) is 10.6 Å². The normalized spacial score (nSPS) is 16.7. The van der Waals surface area contributed by atoms with E-state index in [0.717, 1.165) is 25.9 Å². The SMILES string of the molecule is Nc1ncc(Cl)cc1C(=O)COC1CCNCC1. The van der Waals surface area contributed by atoms with E-state index in [-0.39, 0.29) is 24.3 Å². The number of piperidine rings is 1. The van der Waals surface area contributed by atoms with E-state index < -0.39 is 0 Å². The summed E-state index contributed by atoms with van der Waals surface area (Å²) in [5, 5.41) is 3.64. The van der Waals surface area contributed by atoms with Crippen molar-refractivity contribution in [1.29, 1.82) is 0 Å². The smallest absolute Gasteiger partial charge is 0.192 e. The molecule has 0 aromatic carbocycles. The summed E-state index contributed by atoms with van der Waals surface area (Å²) in [6, 6.07) is 1.53. The second kappa shape index (κ2) is 6.13. The van der Waals surface area contributed by atoms with Gasteiger partial charge in [0.2, 0.25) is 0 Å². The number of nitrogen functional groups attached to an aromatic ring is 1. The number of carbonyl (C=O) groups excluding carboxylic acids is 1. The molecule has 2 rings (SSSR count). The van der Waals surface area contributed by atoms with Crippen molar-refractivity contribution in [3.63, 3.8) is 0 Å². The van der Waals surface area contributed by atoms with Crippen LogP contribution in [0, 0.1) is 0 Å². The third kappa shape index (κ3) is 3.41. The zero-order valence-electron chi connectivity index (χ0n) is 9.99. The molecule has 0 atom stereocenters. The molecular formula is C12H16ClN3O2. The van der Waals surface area contributed by atoms with Crippen molar-refractivity contribution in [3.8, 4) is 0 Å². The number of pyridine rings is 1. The Balaban J connectivity index is 1.92. The zero-order chi connectivity index (χ0) is 13.0. The maximum absolute atomic E-state index is 11.9. The Labute approximate surface area is 111 Å². The first-order chi connectivity index (χ1) is 8.66. The van der Waals surface area contributed by atoms with E-state index in [1.165, 1.54) is 12.3 Å². The average molecular weight is 270 g/mol. The molecule has 1 aromatic rings. The highest BCUT2D eigenvalue weighted by atomic mass is 35.5. The monoisotopic (exact) mass is 269 g/mol. The fraction of sp³-hybridized carbons (Fsp3) is 0.500. The van der Waals surface area contributed by atoms with Crippen LogP contribution in [0.15, 0.2) is 12.3 Å². The lowest BCUT2D eigenvalue weighted by molar-refractivity contribution is 0.0318. The van der Waals surface area contributed by atoms with Gasteiger partial charge < -0.3 is 15.8 Å². The summed E-state index contributed by atoms with van der Waals surface area (Å²) in [5.41, 5.74) is 5.97. The van der Waals surface area contributed by atoms with Gasteiger partial charge in [0.1, 0.15) is 12.4 Å². The number of ketones is 1. The molecule has 5 nitrogen and oxygen atoms in total. The Kier molecular flexibility index (Phi) is 4.52. The predicted octanol–water partition coefficient (Wildman–Crippen LogP) is 1.27. The largest absolute Gasteiger partial charge is 0.383 e. The van der Waals surface area contributed by atoms with Gasteiger partial charge in [0.25, 0.3) is 0 Å². The number of aromatic nitrogens is 1. The summed E-state index contributed by atoms with van der Waals surface area (Å²) in [5.74, 6) is 0.0133. The van der Waals surface area contributed by atoms with Gasteiger partial charge in [-0.25, -0.2) is 4.98 Å². The van der Waals surface area contributed by atoms with Crippen molar-refractivity contribution in [1.82, 2.24) is 10.3 Å². The minimum absolute atomic E-state index is 0.0247. The number of carbonyl (C=O) groups is 1. The van der Waals surface area contributed by atoms with Crippen LogP contribution in [0.5, 0.6) is 0 Å². The molecule has 3 N–H and O–H groups in total. The van der Waals surface area contributed by atoms with E-state index in [9.17, 15) is 4.79 Å². The lowest BCUT2D eigenvalue weighted by atomic mass is 10.1. The Bertz CT molecular complexity index is 433. The quantitative estimate of drug-likeness (QED) is 0.805. The number of nitrogens with one attached hydrogen (secondary N) is 1. The predicted molar refractivity (Wildman–Crippen MR) is 69.8 cm³/mol. The van der Waals surface area contributed by atoms with Crippen LogP contribution >= 0.6 is 11.6 Å². The van der Waals surface area contributed by atoms with Gasteiger partial charge in [-0.2, -0.15) is 0 Å². The lowest BCUT2D eigenvalue weighted by Gasteiger charge is -2.22. The molecule has 1 aromatic heterocycles. The maximum Gasteiger partial charge on any atom is 0.192 e. The van der Waals surface area contributed by atoms with E-state index in [1.54, 1.807) is 0 Å². The molecule has 1 aliphatic rings. The number of Topliss-reactive ketones (excluding diaryl/α,β-unsaturated/α-hetero) is 1. The van der Waals surface area contributed by atoms with Crippen LogP contribution in [-0.2, 0) is 4.74 Å². The van der Waals surface area contributed by atoms with Crippen LogP contribution in [-0.4, -0.2) is 36.6 Å². The van der Waals surface area contributed by atoms with E-state index in [2.05, 4.69) is 10.3 Å². The third-order valence-electron chi connectivity index (χ3n) is 2.92. The summed E-state index contributed by atoms with van der Waals surface area (Å²) in [6.07, 6.45) is 3.41. The molecule has 1 fully saturated rings. The summed E-state index contributed by atoms with van der Waals surface area (Å²) in [7, 11) is 0. The van der Waals surface area contributed by atoms with Crippen LogP contribution in [0.2, 0.25) is 5.02 Å². The van der Waals surface area contributed by atoms with Crippen LogP contribution in [0.25, 0.3) is 0 Å². The van der Waals surface area contributed by atoms with Gasteiger partial charge >= 0.3 is 0 Å². The summed E-state index contributed by atoms with van der Waals surface area (Å²) in [6.45, 7) is 1.89. The molecule has 6 heteroatoms.